The van der Waals surface area contributed by atoms with E-state index in [4.69, 9.17) is 23.2 Å². The molecule has 0 aliphatic carbocycles. The maximum absolute atomic E-state index is 13.1. The summed E-state index contributed by atoms with van der Waals surface area (Å²) >= 11 is 12.0. The number of nitrogens with one attached hydrogen (secondary N) is 1. The van der Waals surface area contributed by atoms with Crippen LogP contribution in [0.2, 0.25) is 10.0 Å². The first-order valence-electron chi connectivity index (χ1n) is 8.08. The molecule has 1 aromatic heterocycles. The van der Waals surface area contributed by atoms with Gasteiger partial charge >= 0.3 is 0 Å². The van der Waals surface area contributed by atoms with Crippen LogP contribution in [0.5, 0.6) is 0 Å². The Morgan fingerprint density at radius 2 is 1.80 bits per heavy atom. The molecule has 0 saturated heterocycles. The third kappa shape index (κ3) is 4.07. The first-order valence-corrected chi connectivity index (χ1v) is 8.84. The highest BCUT2D eigenvalue weighted by molar-refractivity contribution is 6.42. The Morgan fingerprint density at radius 3 is 2.28 bits per heavy atom. The molecule has 1 N–H and O–H groups in total. The van der Waals surface area contributed by atoms with E-state index in [9.17, 15) is 9.59 Å². The van der Waals surface area contributed by atoms with E-state index in [0.717, 1.165) is 5.56 Å². The number of halogens is 2. The molecule has 6 heteroatoms. The third-order valence-electron chi connectivity index (χ3n) is 4.22. The molecule has 1 aromatic carbocycles. The molecule has 0 bridgehead atoms. The second-order valence-corrected chi connectivity index (χ2v) is 7.27. The average Bonchev–Trinajstić information content (AvgIpc) is 2.82. The number of amides is 1. The lowest BCUT2D eigenvalue weighted by Crippen LogP contribution is -2.37. The summed E-state index contributed by atoms with van der Waals surface area (Å²) in [4.78, 5) is 29.7. The Bertz CT molecular complexity index is 825. The van der Waals surface area contributed by atoms with Crippen molar-refractivity contribution in [1.82, 2.24) is 9.88 Å². The Morgan fingerprint density at radius 1 is 1.16 bits per heavy atom. The molecular weight excluding hydrogens is 359 g/mol. The monoisotopic (exact) mass is 380 g/mol. The summed E-state index contributed by atoms with van der Waals surface area (Å²) in [5, 5.41) is 0.941. The fraction of sp³-hybridized carbons (Fsp3) is 0.368. The van der Waals surface area contributed by atoms with Gasteiger partial charge in [0.1, 0.15) is 5.69 Å². The van der Waals surface area contributed by atoms with Gasteiger partial charge in [-0.1, -0.05) is 29.3 Å². The minimum absolute atomic E-state index is 0.0225. The van der Waals surface area contributed by atoms with Gasteiger partial charge in [0.25, 0.3) is 5.91 Å². The van der Waals surface area contributed by atoms with Crippen molar-refractivity contribution in [3.05, 3.63) is 56.3 Å². The lowest BCUT2D eigenvalue weighted by molar-refractivity contribution is 0.0684. The van der Waals surface area contributed by atoms with Crippen molar-refractivity contribution >= 4 is 34.9 Å². The second kappa shape index (κ2) is 7.63. The zero-order valence-electron chi connectivity index (χ0n) is 15.0. The third-order valence-corrected chi connectivity index (χ3v) is 4.96. The summed E-state index contributed by atoms with van der Waals surface area (Å²) in [5.74, 6) is -0.194. The normalized spacial score (nSPS) is 11.0. The van der Waals surface area contributed by atoms with Crippen LogP contribution in [0.3, 0.4) is 0 Å². The number of rotatable bonds is 5. The van der Waals surface area contributed by atoms with Gasteiger partial charge in [0.15, 0.2) is 5.78 Å². The van der Waals surface area contributed by atoms with Crippen molar-refractivity contribution < 1.29 is 9.59 Å². The number of Topliss-reactive ketones (excluding diaryl/α,β-unsaturated/α-hetero) is 1. The van der Waals surface area contributed by atoms with E-state index >= 15 is 0 Å². The number of aromatic amines is 1. The van der Waals surface area contributed by atoms with Crippen LogP contribution >= 0.6 is 23.2 Å². The van der Waals surface area contributed by atoms with Crippen molar-refractivity contribution in [2.45, 2.75) is 47.2 Å². The fourth-order valence-corrected chi connectivity index (χ4v) is 3.28. The van der Waals surface area contributed by atoms with Gasteiger partial charge in [-0.25, -0.2) is 0 Å². The van der Waals surface area contributed by atoms with Crippen LogP contribution in [-0.4, -0.2) is 27.6 Å². The predicted molar refractivity (Wildman–Crippen MR) is 102 cm³/mol. The zero-order chi connectivity index (χ0) is 18.9. The number of hydrogen-bond acceptors (Lipinski definition) is 2. The van der Waals surface area contributed by atoms with E-state index < -0.39 is 0 Å². The SMILES string of the molecule is CC(=O)c1c(C)[nH]c(C(=O)N(Cc2ccc(Cl)c(Cl)c2)C(C)C)c1C. The average molecular weight is 381 g/mol. The summed E-state index contributed by atoms with van der Waals surface area (Å²) in [6.07, 6.45) is 0. The van der Waals surface area contributed by atoms with Gasteiger partial charge in [0.2, 0.25) is 0 Å². The predicted octanol–water partition coefficient (Wildman–Crippen LogP) is 5.19. The van der Waals surface area contributed by atoms with E-state index in [-0.39, 0.29) is 17.7 Å². The van der Waals surface area contributed by atoms with Gasteiger partial charge < -0.3 is 9.88 Å². The van der Waals surface area contributed by atoms with Gasteiger partial charge in [0.05, 0.1) is 10.0 Å². The molecule has 0 atom stereocenters. The van der Waals surface area contributed by atoms with Gasteiger partial charge in [0, 0.05) is 23.8 Å². The molecule has 0 aliphatic heterocycles. The van der Waals surface area contributed by atoms with E-state index in [2.05, 4.69) is 4.98 Å². The van der Waals surface area contributed by atoms with Crippen molar-refractivity contribution in [2.75, 3.05) is 0 Å². The summed E-state index contributed by atoms with van der Waals surface area (Å²) in [6.45, 7) is 9.41. The second-order valence-electron chi connectivity index (χ2n) is 6.46. The van der Waals surface area contributed by atoms with Crippen LogP contribution in [0.15, 0.2) is 18.2 Å². The topological polar surface area (TPSA) is 53.2 Å². The largest absolute Gasteiger partial charge is 0.354 e. The van der Waals surface area contributed by atoms with Crippen LogP contribution < -0.4 is 0 Å². The van der Waals surface area contributed by atoms with Gasteiger partial charge in [-0.05, 0) is 57.9 Å². The maximum atomic E-state index is 13.1. The number of H-pyrrole nitrogens is 1. The van der Waals surface area contributed by atoms with Gasteiger partial charge in [-0.15, -0.1) is 0 Å². The maximum Gasteiger partial charge on any atom is 0.271 e. The standard InChI is InChI=1S/C19H22Cl2N2O2/c1-10(2)23(9-14-6-7-15(20)16(21)8-14)19(25)18-11(3)17(13(5)24)12(4)22-18/h6-8,10,22H,9H2,1-5H3. The minimum Gasteiger partial charge on any atom is -0.354 e. The van der Waals surface area contributed by atoms with E-state index in [0.29, 0.717) is 39.1 Å². The van der Waals surface area contributed by atoms with Crippen molar-refractivity contribution in [3.8, 4) is 0 Å². The van der Waals surface area contributed by atoms with Crippen LogP contribution in [0.25, 0.3) is 0 Å². The molecule has 2 rings (SSSR count). The number of aryl methyl sites for hydroxylation is 1. The molecule has 0 radical (unpaired) electrons. The lowest BCUT2D eigenvalue weighted by Gasteiger charge is -2.27. The molecule has 0 saturated carbocycles. The van der Waals surface area contributed by atoms with Crippen LogP contribution in [-0.2, 0) is 6.54 Å². The number of ketones is 1. The van der Waals surface area contributed by atoms with Crippen LogP contribution in [0, 0.1) is 13.8 Å². The van der Waals surface area contributed by atoms with E-state index in [1.165, 1.54) is 6.92 Å². The van der Waals surface area contributed by atoms with Crippen molar-refractivity contribution in [2.24, 2.45) is 0 Å². The molecule has 25 heavy (non-hydrogen) atoms. The molecule has 0 aliphatic rings. The van der Waals surface area contributed by atoms with Gasteiger partial charge in [-0.2, -0.15) is 0 Å². The molecule has 0 unspecified atom stereocenters. The summed E-state index contributed by atoms with van der Waals surface area (Å²) in [6, 6.07) is 5.32. The molecule has 4 nitrogen and oxygen atoms in total. The first kappa shape index (κ1) is 19.5. The van der Waals surface area contributed by atoms with E-state index in [1.807, 2.05) is 19.9 Å². The molecule has 2 aromatic rings. The first-order chi connectivity index (χ1) is 11.6. The number of benzene rings is 1. The summed E-state index contributed by atoms with van der Waals surface area (Å²) in [7, 11) is 0. The molecule has 0 fully saturated rings. The Balaban J connectivity index is 2.37. The number of aromatic nitrogens is 1. The highest BCUT2D eigenvalue weighted by Gasteiger charge is 2.25. The van der Waals surface area contributed by atoms with E-state index in [1.54, 1.807) is 30.9 Å². The zero-order valence-corrected chi connectivity index (χ0v) is 16.5. The molecule has 134 valence electrons. The minimum atomic E-state index is -0.144. The van der Waals surface area contributed by atoms with Crippen LogP contribution in [0.4, 0.5) is 0 Å². The molecule has 0 spiro atoms. The van der Waals surface area contributed by atoms with Gasteiger partial charge in [-0.3, -0.25) is 9.59 Å². The lowest BCUT2D eigenvalue weighted by atomic mass is 10.1. The molecule has 1 heterocycles. The molecule has 1 amide bonds. The highest BCUT2D eigenvalue weighted by Crippen LogP contribution is 2.25. The smallest absolute Gasteiger partial charge is 0.271 e. The van der Waals surface area contributed by atoms with Crippen LogP contribution in [0.1, 0.15) is 58.4 Å². The number of hydrogen-bond donors (Lipinski definition) is 1. The molecular formula is C19H22Cl2N2O2. The summed E-state index contributed by atoms with van der Waals surface area (Å²) in [5.41, 5.74) is 3.34. The highest BCUT2D eigenvalue weighted by atomic mass is 35.5. The summed E-state index contributed by atoms with van der Waals surface area (Å²) < 4.78 is 0. The quantitative estimate of drug-likeness (QED) is 0.725. The van der Waals surface area contributed by atoms with Crippen molar-refractivity contribution in [3.63, 3.8) is 0 Å². The number of carbonyl (C=O) groups is 2. The fourth-order valence-electron chi connectivity index (χ4n) is 2.96. The Hall–Kier alpha value is -1.78. The number of nitrogens with zero attached hydrogens (tertiary/aromatic N) is 1. The Kier molecular flexibility index (Phi) is 5.96. The van der Waals surface area contributed by atoms with Crippen molar-refractivity contribution in [1.29, 1.82) is 0 Å². The number of carbonyl (C=O) groups excluding carboxylic acids is 2. The Labute approximate surface area is 158 Å².